The van der Waals surface area contributed by atoms with Crippen LogP contribution in [0.1, 0.15) is 0 Å². The molecule has 1 aromatic carbocycles. The van der Waals surface area contributed by atoms with Crippen molar-refractivity contribution in [2.75, 3.05) is 13.2 Å². The zero-order valence-electron chi connectivity index (χ0n) is 11.9. The summed E-state index contributed by atoms with van der Waals surface area (Å²) in [5, 5.41) is 8.69. The number of nitrogens with zero attached hydrogens (tertiary/aromatic N) is 3. The van der Waals surface area contributed by atoms with Gasteiger partial charge in [0.2, 0.25) is 0 Å². The molecule has 3 rings (SSSR count). The van der Waals surface area contributed by atoms with Crippen molar-refractivity contribution in [3.8, 4) is 11.6 Å². The van der Waals surface area contributed by atoms with E-state index in [-0.39, 0.29) is 24.8 Å². The van der Waals surface area contributed by atoms with Crippen LogP contribution in [0.25, 0.3) is 16.7 Å². The highest BCUT2D eigenvalue weighted by Crippen LogP contribution is 2.20. The molecule has 6 nitrogen and oxygen atoms in total. The van der Waals surface area contributed by atoms with Crippen molar-refractivity contribution in [1.29, 1.82) is 0 Å². The first-order valence-corrected chi connectivity index (χ1v) is 6.69. The number of aromatic nitrogens is 3. The molecule has 0 unspecified atom stereocenters. The van der Waals surface area contributed by atoms with Crippen LogP contribution in [0.4, 0.5) is 4.39 Å². The average molecular weight is 303 g/mol. The van der Waals surface area contributed by atoms with Crippen LogP contribution in [0.2, 0.25) is 0 Å². The Morgan fingerprint density at radius 1 is 1.32 bits per heavy atom. The minimum Gasteiger partial charge on any atom is -0.473 e. The number of imidazole rings is 1. The van der Waals surface area contributed by atoms with E-state index < -0.39 is 5.82 Å². The number of halogens is 1. The number of rotatable bonds is 4. The third kappa shape index (κ3) is 2.25. The predicted molar refractivity (Wildman–Crippen MR) is 78.8 cm³/mol. The van der Waals surface area contributed by atoms with Crippen molar-refractivity contribution >= 4 is 11.0 Å². The normalized spacial score (nSPS) is 11.0. The molecule has 0 spiro atoms. The third-order valence-corrected chi connectivity index (χ3v) is 3.34. The molecule has 0 saturated carbocycles. The molecule has 3 aromatic rings. The van der Waals surface area contributed by atoms with Crippen molar-refractivity contribution in [2.24, 2.45) is 7.05 Å². The van der Waals surface area contributed by atoms with Crippen molar-refractivity contribution in [1.82, 2.24) is 14.1 Å². The summed E-state index contributed by atoms with van der Waals surface area (Å²) in [5.74, 6) is -0.892. The molecule has 0 atom stereocenters. The summed E-state index contributed by atoms with van der Waals surface area (Å²) in [5.41, 5.74) is 1.44. The number of aliphatic hydroxyl groups excluding tert-OH is 1. The zero-order chi connectivity index (χ0) is 15.7. The van der Waals surface area contributed by atoms with Gasteiger partial charge in [0.15, 0.2) is 5.82 Å². The summed E-state index contributed by atoms with van der Waals surface area (Å²) < 4.78 is 21.9. The standard InChI is InChI=1S/C15H14FN3O3/c1-18-12-4-2-3-5-13(12)19(15(18)21)10-8-11(16)14(17-9-10)22-7-6-20/h2-5,8-9,20H,6-7H2,1H3. The van der Waals surface area contributed by atoms with Gasteiger partial charge in [-0.2, -0.15) is 0 Å². The topological polar surface area (TPSA) is 69.3 Å². The highest BCUT2D eigenvalue weighted by Gasteiger charge is 2.14. The lowest BCUT2D eigenvalue weighted by molar-refractivity contribution is 0.191. The van der Waals surface area contributed by atoms with Crippen LogP contribution in [0.3, 0.4) is 0 Å². The quantitative estimate of drug-likeness (QED) is 0.787. The first-order valence-electron chi connectivity index (χ1n) is 6.69. The summed E-state index contributed by atoms with van der Waals surface area (Å²) in [6, 6.07) is 8.42. The molecule has 2 aromatic heterocycles. The molecular formula is C15H14FN3O3. The highest BCUT2D eigenvalue weighted by atomic mass is 19.1. The van der Waals surface area contributed by atoms with Gasteiger partial charge in [-0.1, -0.05) is 12.1 Å². The van der Waals surface area contributed by atoms with Crippen LogP contribution < -0.4 is 10.4 Å². The third-order valence-electron chi connectivity index (χ3n) is 3.34. The van der Waals surface area contributed by atoms with Gasteiger partial charge in [-0.15, -0.1) is 0 Å². The molecule has 0 saturated heterocycles. The van der Waals surface area contributed by atoms with Crippen molar-refractivity contribution in [3.63, 3.8) is 0 Å². The number of aliphatic hydroxyl groups is 1. The number of benzene rings is 1. The Bertz CT molecular complexity index is 885. The van der Waals surface area contributed by atoms with E-state index in [1.54, 1.807) is 19.2 Å². The number of hydrogen-bond acceptors (Lipinski definition) is 4. The highest BCUT2D eigenvalue weighted by molar-refractivity contribution is 5.77. The van der Waals surface area contributed by atoms with E-state index in [0.717, 1.165) is 5.52 Å². The Labute approximate surface area is 125 Å². The number of pyridine rings is 1. The Kier molecular flexibility index (Phi) is 3.64. The van der Waals surface area contributed by atoms with Gasteiger partial charge >= 0.3 is 5.69 Å². The molecule has 7 heteroatoms. The van der Waals surface area contributed by atoms with E-state index in [0.29, 0.717) is 11.2 Å². The lowest BCUT2D eigenvalue weighted by Crippen LogP contribution is -2.21. The van der Waals surface area contributed by atoms with Gasteiger partial charge < -0.3 is 9.84 Å². The van der Waals surface area contributed by atoms with Gasteiger partial charge in [-0.05, 0) is 12.1 Å². The lowest BCUT2D eigenvalue weighted by atomic mass is 10.3. The molecule has 0 radical (unpaired) electrons. The van der Waals surface area contributed by atoms with Crippen LogP contribution in [0.5, 0.6) is 5.88 Å². The fourth-order valence-corrected chi connectivity index (χ4v) is 2.33. The zero-order valence-corrected chi connectivity index (χ0v) is 11.9. The molecule has 114 valence electrons. The smallest absolute Gasteiger partial charge is 0.333 e. The average Bonchev–Trinajstić information content (AvgIpc) is 2.78. The SMILES string of the molecule is Cn1c(=O)n(-c2cnc(OCCO)c(F)c2)c2ccccc21. The van der Waals surface area contributed by atoms with E-state index in [1.807, 2.05) is 12.1 Å². The monoisotopic (exact) mass is 303 g/mol. The first-order chi connectivity index (χ1) is 10.6. The molecule has 2 heterocycles. The van der Waals surface area contributed by atoms with Crippen LogP contribution >= 0.6 is 0 Å². The number of fused-ring (bicyclic) bond motifs is 1. The Hall–Kier alpha value is -2.67. The summed E-state index contributed by atoms with van der Waals surface area (Å²) in [6.07, 6.45) is 1.36. The number of ether oxygens (including phenoxy) is 1. The maximum absolute atomic E-state index is 14.0. The van der Waals surface area contributed by atoms with Gasteiger partial charge in [0.25, 0.3) is 5.88 Å². The molecule has 0 fully saturated rings. The summed E-state index contributed by atoms with van der Waals surface area (Å²) in [6.45, 7) is -0.275. The second kappa shape index (κ2) is 5.61. The molecule has 1 N–H and O–H groups in total. The van der Waals surface area contributed by atoms with Gasteiger partial charge in [-0.25, -0.2) is 14.2 Å². The van der Waals surface area contributed by atoms with E-state index in [2.05, 4.69) is 4.98 Å². The second-order valence-electron chi connectivity index (χ2n) is 4.72. The van der Waals surface area contributed by atoms with Crippen LogP contribution in [0.15, 0.2) is 41.3 Å². The van der Waals surface area contributed by atoms with Gasteiger partial charge in [0.1, 0.15) is 6.61 Å². The summed E-state index contributed by atoms with van der Waals surface area (Å²) in [4.78, 5) is 16.2. The molecule has 0 bridgehead atoms. The van der Waals surface area contributed by atoms with Crippen LogP contribution in [0, 0.1) is 5.82 Å². The fourth-order valence-electron chi connectivity index (χ4n) is 2.33. The molecular weight excluding hydrogens is 289 g/mol. The van der Waals surface area contributed by atoms with Crippen molar-refractivity contribution in [3.05, 3.63) is 52.8 Å². The fraction of sp³-hybridized carbons (Fsp3) is 0.200. The number of hydrogen-bond donors (Lipinski definition) is 1. The Balaban J connectivity index is 2.14. The van der Waals surface area contributed by atoms with E-state index >= 15 is 0 Å². The maximum atomic E-state index is 14.0. The Morgan fingerprint density at radius 2 is 2.05 bits per heavy atom. The molecule has 0 aliphatic rings. The summed E-state index contributed by atoms with van der Waals surface area (Å²) >= 11 is 0. The number of aryl methyl sites for hydroxylation is 1. The van der Waals surface area contributed by atoms with Crippen LogP contribution in [-0.4, -0.2) is 32.4 Å². The largest absolute Gasteiger partial charge is 0.473 e. The molecule has 0 aliphatic heterocycles. The number of para-hydroxylation sites is 2. The van der Waals surface area contributed by atoms with Gasteiger partial charge in [-0.3, -0.25) is 9.13 Å². The minimum atomic E-state index is -0.689. The minimum absolute atomic E-state index is 0.0442. The van der Waals surface area contributed by atoms with Crippen molar-refractivity contribution < 1.29 is 14.2 Å². The van der Waals surface area contributed by atoms with Gasteiger partial charge in [0.05, 0.1) is 29.5 Å². The molecule has 0 amide bonds. The van der Waals surface area contributed by atoms with E-state index in [4.69, 9.17) is 9.84 Å². The van der Waals surface area contributed by atoms with Crippen LogP contribution in [-0.2, 0) is 7.05 Å². The molecule has 22 heavy (non-hydrogen) atoms. The Morgan fingerprint density at radius 3 is 2.73 bits per heavy atom. The maximum Gasteiger partial charge on any atom is 0.333 e. The first kappa shape index (κ1) is 14.3. The lowest BCUT2D eigenvalue weighted by Gasteiger charge is -2.07. The molecule has 0 aliphatic carbocycles. The van der Waals surface area contributed by atoms with E-state index in [1.165, 1.54) is 21.4 Å². The van der Waals surface area contributed by atoms with Gasteiger partial charge in [0, 0.05) is 13.1 Å². The summed E-state index contributed by atoms with van der Waals surface area (Å²) in [7, 11) is 1.66. The van der Waals surface area contributed by atoms with E-state index in [9.17, 15) is 9.18 Å². The second-order valence-corrected chi connectivity index (χ2v) is 4.72. The predicted octanol–water partition coefficient (Wildman–Crippen LogP) is 1.23. The van der Waals surface area contributed by atoms with Crippen molar-refractivity contribution in [2.45, 2.75) is 0 Å².